The molecule has 0 saturated heterocycles. The lowest BCUT2D eigenvalue weighted by atomic mass is 9.78. The molecule has 0 amide bonds. The van der Waals surface area contributed by atoms with Gasteiger partial charge in [0, 0.05) is 20.9 Å². The van der Waals surface area contributed by atoms with E-state index in [-0.39, 0.29) is 10.8 Å². The molecule has 0 radical (unpaired) electrons. The van der Waals surface area contributed by atoms with Crippen molar-refractivity contribution < 1.29 is 0 Å². The summed E-state index contributed by atoms with van der Waals surface area (Å²) in [7, 11) is 0. The highest BCUT2D eigenvalue weighted by Gasteiger charge is 2.39. The van der Waals surface area contributed by atoms with Gasteiger partial charge in [0.25, 0.3) is 0 Å². The molecule has 0 aromatic heterocycles. The third-order valence-corrected chi connectivity index (χ3v) is 22.5. The number of fused-ring (bicyclic) bond motifs is 12. The standard InChI is InChI=1S/C96H64Cl2/c1-95(2)85-53-63(41-49-69(85)71-51-43-65(55-87(71)95)91-75-19-7-5-17-73(75)89(74-18-6-8-20-76(74)91)61-33-29-57(30-34-61)59-37-45-67(97)46-38-59)64-42-50-70-72-52-44-66(56-88(72)96(3,4)86(70)54-64)92-79-23-11-15-27-83(79)94(84-28-16-12-24-80(84)92)93-81-25-13-9-21-77(81)90(78-22-10-14-26-82(78)93)62-35-31-58(32-36-62)60-39-47-68(98)48-40-60/h5-56H,1-4H3. The van der Waals surface area contributed by atoms with Crippen molar-refractivity contribution in [1.29, 1.82) is 0 Å². The van der Waals surface area contributed by atoms with E-state index in [0.29, 0.717) is 0 Å². The van der Waals surface area contributed by atoms with Gasteiger partial charge in [0.15, 0.2) is 0 Å². The highest BCUT2D eigenvalue weighted by Crippen LogP contribution is 2.57. The lowest BCUT2D eigenvalue weighted by molar-refractivity contribution is 0.660. The maximum absolute atomic E-state index is 6.30. The van der Waals surface area contributed by atoms with Crippen molar-refractivity contribution in [2.24, 2.45) is 0 Å². The molecule has 19 rings (SSSR count). The number of benzene rings is 17. The van der Waals surface area contributed by atoms with Crippen LogP contribution >= 0.6 is 23.2 Å². The van der Waals surface area contributed by atoms with Crippen LogP contribution in [0.1, 0.15) is 49.9 Å². The predicted molar refractivity (Wildman–Crippen MR) is 420 cm³/mol. The van der Waals surface area contributed by atoms with Crippen LogP contribution in [-0.4, -0.2) is 0 Å². The number of hydrogen-bond donors (Lipinski definition) is 0. The zero-order chi connectivity index (χ0) is 65.7. The van der Waals surface area contributed by atoms with Gasteiger partial charge in [-0.1, -0.05) is 318 Å². The van der Waals surface area contributed by atoms with Crippen molar-refractivity contribution in [2.45, 2.75) is 38.5 Å². The van der Waals surface area contributed by atoms with Crippen LogP contribution in [0.15, 0.2) is 315 Å². The van der Waals surface area contributed by atoms with Crippen molar-refractivity contribution >= 4 is 87.8 Å². The normalized spacial score (nSPS) is 13.4. The van der Waals surface area contributed by atoms with Crippen LogP contribution < -0.4 is 0 Å². The first-order chi connectivity index (χ1) is 47.9. The molecule has 17 aromatic rings. The second-order valence-corrected chi connectivity index (χ2v) is 28.9. The molecule has 0 saturated carbocycles. The topological polar surface area (TPSA) is 0 Å². The molecule has 17 aromatic carbocycles. The number of rotatable bonds is 8. The first-order valence-electron chi connectivity index (χ1n) is 34.1. The second kappa shape index (κ2) is 22.2. The third kappa shape index (κ3) is 8.91. The van der Waals surface area contributed by atoms with E-state index in [4.69, 9.17) is 23.2 Å². The maximum atomic E-state index is 6.30. The first-order valence-corrected chi connectivity index (χ1v) is 34.8. The smallest absolute Gasteiger partial charge is 0.0406 e. The fraction of sp³-hybridized carbons (Fsp3) is 0.0625. The molecule has 2 aliphatic rings. The highest BCUT2D eigenvalue weighted by atomic mass is 35.5. The fourth-order valence-electron chi connectivity index (χ4n) is 17.3. The monoisotopic (exact) mass is 1290 g/mol. The van der Waals surface area contributed by atoms with E-state index in [1.807, 2.05) is 24.3 Å². The Morgan fingerprint density at radius 2 is 0.347 bits per heavy atom. The summed E-state index contributed by atoms with van der Waals surface area (Å²) in [5.74, 6) is 0. The Bertz CT molecular complexity index is 6030. The average molecular weight is 1290 g/mol. The van der Waals surface area contributed by atoms with Gasteiger partial charge in [-0.15, -0.1) is 0 Å². The lowest BCUT2D eigenvalue weighted by Gasteiger charge is -2.24. The summed E-state index contributed by atoms with van der Waals surface area (Å²) in [6.07, 6.45) is 0. The van der Waals surface area contributed by atoms with Gasteiger partial charge in [-0.3, -0.25) is 0 Å². The van der Waals surface area contributed by atoms with Crippen molar-refractivity contribution in [2.75, 3.05) is 0 Å². The Labute approximate surface area is 581 Å². The Morgan fingerprint density at radius 1 is 0.173 bits per heavy atom. The summed E-state index contributed by atoms with van der Waals surface area (Å²) in [6.45, 7) is 9.70. The molecule has 462 valence electrons. The zero-order valence-corrected chi connectivity index (χ0v) is 56.3. The van der Waals surface area contributed by atoms with E-state index in [2.05, 4.69) is 319 Å². The molecule has 0 bridgehead atoms. The van der Waals surface area contributed by atoms with Crippen LogP contribution in [0.3, 0.4) is 0 Å². The van der Waals surface area contributed by atoms with Crippen molar-refractivity contribution in [3.05, 3.63) is 348 Å². The van der Waals surface area contributed by atoms with Gasteiger partial charge in [-0.2, -0.15) is 0 Å². The zero-order valence-electron chi connectivity index (χ0n) is 54.8. The van der Waals surface area contributed by atoms with E-state index in [1.54, 1.807) is 0 Å². The molecule has 0 aliphatic heterocycles. The Hall–Kier alpha value is -11.1. The molecule has 0 atom stereocenters. The Morgan fingerprint density at radius 3 is 0.592 bits per heavy atom. The Balaban J connectivity index is 0.670. The summed E-state index contributed by atoms with van der Waals surface area (Å²) in [6, 6.07) is 118. The van der Waals surface area contributed by atoms with Crippen LogP contribution in [0.2, 0.25) is 10.0 Å². The van der Waals surface area contributed by atoms with Crippen molar-refractivity contribution in [1.82, 2.24) is 0 Å². The molecule has 2 aliphatic carbocycles. The Kier molecular flexibility index (Phi) is 13.2. The molecular weight excluding hydrogens is 1220 g/mol. The summed E-state index contributed by atoms with van der Waals surface area (Å²) >= 11 is 12.6. The summed E-state index contributed by atoms with van der Waals surface area (Å²) in [4.78, 5) is 0. The largest absolute Gasteiger partial charge is 0.0843 e. The van der Waals surface area contributed by atoms with E-state index < -0.39 is 0 Å². The highest BCUT2D eigenvalue weighted by molar-refractivity contribution is 6.32. The van der Waals surface area contributed by atoms with Crippen LogP contribution in [0.25, 0.3) is 176 Å². The summed E-state index contributed by atoms with van der Waals surface area (Å²) in [5.41, 5.74) is 29.7. The van der Waals surface area contributed by atoms with E-state index in [1.165, 1.54) is 181 Å². The molecule has 2 heteroatoms. The van der Waals surface area contributed by atoms with Gasteiger partial charge >= 0.3 is 0 Å². The predicted octanol–water partition coefficient (Wildman–Crippen LogP) is 27.9. The minimum absolute atomic E-state index is 0.247. The second-order valence-electron chi connectivity index (χ2n) is 28.0. The molecule has 0 fully saturated rings. The van der Waals surface area contributed by atoms with Crippen molar-refractivity contribution in [3.8, 4) is 111 Å². The van der Waals surface area contributed by atoms with Gasteiger partial charge in [-0.25, -0.2) is 0 Å². The van der Waals surface area contributed by atoms with Gasteiger partial charge in [0.1, 0.15) is 0 Å². The quantitative estimate of drug-likeness (QED) is 0.133. The fourth-order valence-corrected chi connectivity index (χ4v) is 17.5. The third-order valence-electron chi connectivity index (χ3n) is 22.0. The SMILES string of the molecule is CC1(C)c2cc(-c3ccc4c(c3)C(C)(C)c3cc(-c5c6ccccc6c(-c6c7ccccc7c(-c7ccc(-c8ccc(Cl)cc8)cc7)c7ccccc67)c6ccccc56)ccc3-4)ccc2-c2ccc(-c3c4ccccc4c(-c4ccc(-c5ccc(Cl)cc5)cc4)c4ccccc34)cc21. The van der Waals surface area contributed by atoms with Crippen LogP contribution in [0, 0.1) is 0 Å². The molecule has 0 spiro atoms. The summed E-state index contributed by atoms with van der Waals surface area (Å²) in [5, 5.41) is 16.4. The number of halogens is 2. The lowest BCUT2D eigenvalue weighted by Crippen LogP contribution is -2.15. The minimum Gasteiger partial charge on any atom is -0.0843 e. The molecule has 98 heavy (non-hydrogen) atoms. The van der Waals surface area contributed by atoms with Crippen LogP contribution in [-0.2, 0) is 10.8 Å². The van der Waals surface area contributed by atoms with Gasteiger partial charge in [0.2, 0.25) is 0 Å². The maximum Gasteiger partial charge on any atom is 0.0406 e. The number of hydrogen-bond acceptors (Lipinski definition) is 0. The van der Waals surface area contributed by atoms with Gasteiger partial charge in [0.05, 0.1) is 0 Å². The van der Waals surface area contributed by atoms with E-state index in [9.17, 15) is 0 Å². The molecular formula is C96H64Cl2. The average Bonchev–Trinajstić information content (AvgIpc) is 1.32. The first kappa shape index (κ1) is 58.3. The van der Waals surface area contributed by atoms with Gasteiger partial charge in [-0.05, 0) is 247 Å². The molecule has 0 nitrogen and oxygen atoms in total. The van der Waals surface area contributed by atoms with Crippen LogP contribution in [0.4, 0.5) is 0 Å². The van der Waals surface area contributed by atoms with E-state index in [0.717, 1.165) is 26.7 Å². The molecule has 0 N–H and O–H groups in total. The van der Waals surface area contributed by atoms with E-state index >= 15 is 0 Å². The minimum atomic E-state index is -0.268. The summed E-state index contributed by atoms with van der Waals surface area (Å²) < 4.78 is 0. The van der Waals surface area contributed by atoms with Crippen molar-refractivity contribution in [3.63, 3.8) is 0 Å². The molecule has 0 heterocycles. The van der Waals surface area contributed by atoms with Gasteiger partial charge < -0.3 is 0 Å². The van der Waals surface area contributed by atoms with Crippen LogP contribution in [0.5, 0.6) is 0 Å². The molecule has 0 unspecified atom stereocenters.